The molecule has 0 spiro atoms. The zero-order chi connectivity index (χ0) is 28.0. The number of halogens is 1. The molecule has 40 heavy (non-hydrogen) atoms. The van der Waals surface area contributed by atoms with Crippen LogP contribution in [0.2, 0.25) is 5.02 Å². The summed E-state index contributed by atoms with van der Waals surface area (Å²) in [5.74, 6) is -1.09. The number of hydrogen-bond acceptors (Lipinski definition) is 5. The van der Waals surface area contributed by atoms with Gasteiger partial charge in [-0.25, -0.2) is 0 Å². The molecule has 1 saturated carbocycles. The van der Waals surface area contributed by atoms with Gasteiger partial charge in [0.1, 0.15) is 0 Å². The number of carbonyl (C=O) groups is 3. The average molecular weight is 565 g/mol. The number of aliphatic carboxylic acids is 1. The lowest BCUT2D eigenvalue weighted by molar-refractivity contribution is -0.142. The minimum Gasteiger partial charge on any atom is -0.481 e. The topological polar surface area (TPSA) is 105 Å². The average Bonchev–Trinajstić information content (AvgIpc) is 3.59. The number of amides is 1. The van der Waals surface area contributed by atoms with E-state index < -0.39 is 5.97 Å². The van der Waals surface area contributed by atoms with Gasteiger partial charge < -0.3 is 15.3 Å². The molecule has 9 heteroatoms. The summed E-state index contributed by atoms with van der Waals surface area (Å²) in [5.41, 5.74) is 5.09. The predicted octanol–water partition coefficient (Wildman–Crippen LogP) is 4.69. The quantitative estimate of drug-likeness (QED) is 0.506. The SMILES string of the molecule is CNCC1CCCN1C(=O)C1CCc2c(C3=CCC(C(=O)O)CC3)nn(C(=O)c3c(Cl)cccc3C3CC3)c2C1. The highest BCUT2D eigenvalue weighted by Gasteiger charge is 2.39. The monoisotopic (exact) mass is 564 g/mol. The number of nitrogens with zero attached hydrogens (tertiary/aromatic N) is 3. The maximum Gasteiger partial charge on any atom is 0.306 e. The summed E-state index contributed by atoms with van der Waals surface area (Å²) < 4.78 is 1.52. The predicted molar refractivity (Wildman–Crippen MR) is 153 cm³/mol. The van der Waals surface area contributed by atoms with Crippen molar-refractivity contribution in [1.82, 2.24) is 20.0 Å². The van der Waals surface area contributed by atoms with E-state index in [-0.39, 0.29) is 29.7 Å². The Morgan fingerprint density at radius 2 is 1.90 bits per heavy atom. The fourth-order valence-electron chi connectivity index (χ4n) is 6.94. The van der Waals surface area contributed by atoms with Crippen LogP contribution in [0.1, 0.15) is 90.2 Å². The number of nitrogens with one attached hydrogen (secondary N) is 1. The molecule has 212 valence electrons. The second kappa shape index (κ2) is 11.1. The van der Waals surface area contributed by atoms with Crippen LogP contribution in [0.3, 0.4) is 0 Å². The Morgan fingerprint density at radius 1 is 1.10 bits per heavy atom. The fourth-order valence-corrected chi connectivity index (χ4v) is 7.20. The molecule has 2 heterocycles. The third-order valence-corrected chi connectivity index (χ3v) is 9.57. The highest BCUT2D eigenvalue weighted by molar-refractivity contribution is 6.34. The van der Waals surface area contributed by atoms with Gasteiger partial charge in [-0.1, -0.05) is 29.8 Å². The summed E-state index contributed by atoms with van der Waals surface area (Å²) >= 11 is 6.65. The standard InChI is InChI=1S/C31H37ClN4O4/c1-33-17-22-4-3-15-35(22)29(37)21-13-14-24-26(16-21)36(34-28(24)19-9-11-20(12-10-19)31(39)40)30(38)27-23(18-7-8-18)5-2-6-25(27)32/h2,5-6,9,18,20-22,33H,3-4,7-8,10-17H2,1H3,(H,39,40). The van der Waals surface area contributed by atoms with Gasteiger partial charge in [-0.2, -0.15) is 9.78 Å². The summed E-state index contributed by atoms with van der Waals surface area (Å²) in [5, 5.41) is 18.0. The molecule has 8 nitrogen and oxygen atoms in total. The molecule has 3 unspecified atom stereocenters. The Balaban J connectivity index is 1.37. The minimum absolute atomic E-state index is 0.169. The summed E-state index contributed by atoms with van der Waals surface area (Å²) in [4.78, 5) is 41.5. The van der Waals surface area contributed by atoms with Crippen LogP contribution in [0.4, 0.5) is 0 Å². The fraction of sp³-hybridized carbons (Fsp3) is 0.548. The molecule has 0 bridgehead atoms. The first-order valence-corrected chi connectivity index (χ1v) is 15.1. The number of likely N-dealkylation sites (N-methyl/N-ethyl adjacent to an activating group) is 1. The van der Waals surface area contributed by atoms with E-state index in [1.54, 1.807) is 6.07 Å². The maximum atomic E-state index is 14.2. The van der Waals surface area contributed by atoms with Crippen molar-refractivity contribution in [2.45, 2.75) is 76.2 Å². The summed E-state index contributed by atoms with van der Waals surface area (Å²) in [6, 6.07) is 5.86. The highest BCUT2D eigenvalue weighted by atomic mass is 35.5. The molecule has 6 rings (SSSR count). The molecule has 0 radical (unpaired) electrons. The van der Waals surface area contributed by atoms with Crippen molar-refractivity contribution in [1.29, 1.82) is 0 Å². The molecule has 1 aliphatic heterocycles. The van der Waals surface area contributed by atoms with Gasteiger partial charge in [-0.05, 0) is 88.0 Å². The summed E-state index contributed by atoms with van der Waals surface area (Å²) in [7, 11) is 1.92. The highest BCUT2D eigenvalue weighted by Crippen LogP contribution is 2.44. The van der Waals surface area contributed by atoms with Crippen LogP contribution < -0.4 is 5.32 Å². The van der Waals surface area contributed by atoms with Crippen LogP contribution in [0.15, 0.2) is 24.3 Å². The lowest BCUT2D eigenvalue weighted by Gasteiger charge is -2.31. The largest absolute Gasteiger partial charge is 0.481 e. The van der Waals surface area contributed by atoms with Crippen LogP contribution in [0.5, 0.6) is 0 Å². The smallest absolute Gasteiger partial charge is 0.306 e. The molecule has 3 atom stereocenters. The lowest BCUT2D eigenvalue weighted by Crippen LogP contribution is -2.45. The Bertz CT molecular complexity index is 1380. The van der Waals surface area contributed by atoms with Crippen LogP contribution in [-0.2, 0) is 22.4 Å². The first kappa shape index (κ1) is 27.2. The van der Waals surface area contributed by atoms with Gasteiger partial charge in [0.25, 0.3) is 5.91 Å². The zero-order valence-electron chi connectivity index (χ0n) is 23.0. The molecule has 2 N–H and O–H groups in total. The summed E-state index contributed by atoms with van der Waals surface area (Å²) in [6.45, 7) is 1.56. The van der Waals surface area contributed by atoms with E-state index in [1.807, 2.05) is 30.2 Å². The van der Waals surface area contributed by atoms with Crippen LogP contribution in [0, 0.1) is 11.8 Å². The molecule has 1 amide bonds. The van der Waals surface area contributed by atoms with Crippen molar-refractivity contribution < 1.29 is 19.5 Å². The number of aromatic nitrogens is 2. The van der Waals surface area contributed by atoms with Crippen molar-refractivity contribution >= 4 is 35.0 Å². The summed E-state index contributed by atoms with van der Waals surface area (Å²) in [6.07, 6.45) is 9.54. The Labute approximate surface area is 239 Å². The first-order valence-electron chi connectivity index (χ1n) is 14.7. The van der Waals surface area contributed by atoms with E-state index in [0.29, 0.717) is 55.0 Å². The van der Waals surface area contributed by atoms with E-state index in [4.69, 9.17) is 16.7 Å². The van der Waals surface area contributed by atoms with E-state index in [2.05, 4.69) is 5.32 Å². The number of fused-ring (bicyclic) bond motifs is 1. The van der Waals surface area contributed by atoms with Crippen LogP contribution >= 0.6 is 11.6 Å². The van der Waals surface area contributed by atoms with Gasteiger partial charge in [-0.15, -0.1) is 0 Å². The number of carboxylic acids is 1. The second-order valence-corrected chi connectivity index (χ2v) is 12.2. The van der Waals surface area contributed by atoms with E-state index in [9.17, 15) is 19.5 Å². The molecule has 3 aliphatic carbocycles. The molecular formula is C31H37ClN4O4. The van der Waals surface area contributed by atoms with Gasteiger partial charge in [0.2, 0.25) is 5.91 Å². The van der Waals surface area contributed by atoms with E-state index >= 15 is 0 Å². The maximum absolute atomic E-state index is 14.2. The van der Waals surface area contributed by atoms with Crippen molar-refractivity contribution in [3.63, 3.8) is 0 Å². The Hall–Kier alpha value is -2.97. The third-order valence-electron chi connectivity index (χ3n) is 9.26. The molecule has 4 aliphatic rings. The van der Waals surface area contributed by atoms with Gasteiger partial charge in [0.05, 0.1) is 27.9 Å². The van der Waals surface area contributed by atoms with Crippen LogP contribution in [0.25, 0.3) is 5.57 Å². The second-order valence-electron chi connectivity index (χ2n) is 11.8. The number of likely N-dealkylation sites (tertiary alicyclic amines) is 1. The Morgan fingerprint density at radius 3 is 2.60 bits per heavy atom. The van der Waals surface area contributed by atoms with Gasteiger partial charge in [0.15, 0.2) is 0 Å². The minimum atomic E-state index is -0.774. The van der Waals surface area contributed by atoms with Crippen molar-refractivity contribution in [3.05, 3.63) is 57.4 Å². The molecule has 1 saturated heterocycles. The third kappa shape index (κ3) is 5.00. The van der Waals surface area contributed by atoms with Crippen molar-refractivity contribution in [2.24, 2.45) is 11.8 Å². The number of carbonyl (C=O) groups excluding carboxylic acids is 2. The molecular weight excluding hydrogens is 528 g/mol. The van der Waals surface area contributed by atoms with Crippen molar-refractivity contribution in [2.75, 3.05) is 20.1 Å². The molecule has 1 aromatic heterocycles. The lowest BCUT2D eigenvalue weighted by atomic mass is 9.82. The number of allylic oxidation sites excluding steroid dienone is 2. The van der Waals surface area contributed by atoms with E-state index in [1.165, 1.54) is 4.68 Å². The van der Waals surface area contributed by atoms with Gasteiger partial charge in [0, 0.05) is 37.0 Å². The van der Waals surface area contributed by atoms with Crippen LogP contribution in [-0.4, -0.2) is 63.7 Å². The first-order chi connectivity index (χ1) is 19.4. The van der Waals surface area contributed by atoms with E-state index in [0.717, 1.165) is 66.9 Å². The number of benzene rings is 1. The normalized spacial score (nSPS) is 24.5. The zero-order valence-corrected chi connectivity index (χ0v) is 23.8. The van der Waals surface area contributed by atoms with Gasteiger partial charge in [-0.3, -0.25) is 14.4 Å². The molecule has 2 aromatic rings. The number of carboxylic acid groups (broad SMARTS) is 1. The number of hydrogen-bond donors (Lipinski definition) is 2. The molecule has 2 fully saturated rings. The van der Waals surface area contributed by atoms with Crippen molar-refractivity contribution in [3.8, 4) is 0 Å². The molecule has 1 aromatic carbocycles. The Kier molecular flexibility index (Phi) is 7.57. The number of rotatable bonds is 7. The van der Waals surface area contributed by atoms with Gasteiger partial charge >= 0.3 is 5.97 Å².